The van der Waals surface area contributed by atoms with E-state index >= 15 is 0 Å². The van der Waals surface area contributed by atoms with E-state index in [1.54, 1.807) is 24.3 Å². The van der Waals surface area contributed by atoms with Gasteiger partial charge in [-0.15, -0.1) is 0 Å². The molecule has 108 valence electrons. The van der Waals surface area contributed by atoms with Crippen molar-refractivity contribution in [2.45, 2.75) is 38.1 Å². The van der Waals surface area contributed by atoms with Gasteiger partial charge in [0, 0.05) is 6.04 Å². The Kier molecular flexibility index (Phi) is 3.61. The van der Waals surface area contributed by atoms with Gasteiger partial charge in [-0.25, -0.2) is 9.69 Å². The van der Waals surface area contributed by atoms with Crippen LogP contribution >= 0.6 is 0 Å². The van der Waals surface area contributed by atoms with Gasteiger partial charge >= 0.3 is 6.03 Å². The van der Waals surface area contributed by atoms with Gasteiger partial charge in [0.25, 0.3) is 0 Å². The van der Waals surface area contributed by atoms with Gasteiger partial charge in [-0.2, -0.15) is 5.26 Å². The van der Waals surface area contributed by atoms with Crippen LogP contribution in [0.25, 0.3) is 0 Å². The van der Waals surface area contributed by atoms with Crippen molar-refractivity contribution in [1.29, 1.82) is 5.26 Å². The Morgan fingerprint density at radius 3 is 2.81 bits per heavy atom. The van der Waals surface area contributed by atoms with Crippen molar-refractivity contribution in [2.24, 2.45) is 5.92 Å². The third kappa shape index (κ3) is 2.49. The van der Waals surface area contributed by atoms with Crippen LogP contribution in [0.15, 0.2) is 24.3 Å². The molecule has 1 aliphatic heterocycles. The highest BCUT2D eigenvalue weighted by Crippen LogP contribution is 2.31. The number of benzene rings is 1. The number of carbonyl (C=O) groups excluding carboxylic acids is 2. The zero-order chi connectivity index (χ0) is 14.8. The minimum Gasteiger partial charge on any atom is -0.334 e. The summed E-state index contributed by atoms with van der Waals surface area (Å²) in [5, 5.41) is 11.9. The maximum absolute atomic E-state index is 12.7. The van der Waals surface area contributed by atoms with Crippen molar-refractivity contribution in [3.63, 3.8) is 0 Å². The molecule has 1 aromatic carbocycles. The molecule has 0 bridgehead atoms. The standard InChI is InChI=1S/C16H17N3O2/c17-10-11-5-4-6-12(9-11)19-15(20)13-7-2-1-3-8-14(13)18-16(19)21/h4-6,9,13-14H,1-3,7-8H2,(H,18,21). The Balaban J connectivity index is 1.93. The number of carbonyl (C=O) groups is 2. The Hall–Kier alpha value is -2.35. The number of rotatable bonds is 1. The Morgan fingerprint density at radius 2 is 2.00 bits per heavy atom. The monoisotopic (exact) mass is 283 g/mol. The predicted molar refractivity (Wildman–Crippen MR) is 77.5 cm³/mol. The van der Waals surface area contributed by atoms with Gasteiger partial charge in [-0.05, 0) is 31.0 Å². The van der Waals surface area contributed by atoms with E-state index in [1.807, 2.05) is 6.07 Å². The number of amides is 3. The van der Waals surface area contributed by atoms with Gasteiger partial charge in [-0.1, -0.05) is 25.3 Å². The summed E-state index contributed by atoms with van der Waals surface area (Å²) in [6, 6.07) is 8.23. The summed E-state index contributed by atoms with van der Waals surface area (Å²) in [4.78, 5) is 26.2. The summed E-state index contributed by atoms with van der Waals surface area (Å²) >= 11 is 0. The molecule has 5 heteroatoms. The predicted octanol–water partition coefficient (Wildman–Crippen LogP) is 2.56. The SMILES string of the molecule is N#Cc1cccc(N2C(=O)NC3CCCCCC3C2=O)c1. The molecule has 1 aromatic rings. The van der Waals surface area contributed by atoms with E-state index in [-0.39, 0.29) is 23.9 Å². The molecule has 2 unspecified atom stereocenters. The molecular formula is C16H17N3O2. The summed E-state index contributed by atoms with van der Waals surface area (Å²) < 4.78 is 0. The molecule has 1 aliphatic carbocycles. The molecule has 21 heavy (non-hydrogen) atoms. The van der Waals surface area contributed by atoms with Crippen LogP contribution in [0.2, 0.25) is 0 Å². The van der Waals surface area contributed by atoms with Crippen molar-refractivity contribution in [2.75, 3.05) is 4.90 Å². The van der Waals surface area contributed by atoms with Gasteiger partial charge in [0.15, 0.2) is 0 Å². The Labute approximate surface area is 123 Å². The lowest BCUT2D eigenvalue weighted by molar-refractivity contribution is -0.123. The van der Waals surface area contributed by atoms with Crippen LogP contribution in [0, 0.1) is 17.2 Å². The molecule has 0 spiro atoms. The lowest BCUT2D eigenvalue weighted by Gasteiger charge is -2.36. The number of imide groups is 1. The Morgan fingerprint density at radius 1 is 1.19 bits per heavy atom. The maximum Gasteiger partial charge on any atom is 0.328 e. The second-order valence-electron chi connectivity index (χ2n) is 5.64. The van der Waals surface area contributed by atoms with Crippen LogP contribution in [0.1, 0.15) is 37.7 Å². The molecule has 0 aromatic heterocycles. The van der Waals surface area contributed by atoms with E-state index in [0.717, 1.165) is 32.1 Å². The smallest absolute Gasteiger partial charge is 0.328 e. The molecule has 1 heterocycles. The molecule has 2 aliphatic rings. The van der Waals surface area contributed by atoms with Gasteiger partial charge in [0.05, 0.1) is 23.2 Å². The van der Waals surface area contributed by atoms with Crippen LogP contribution in [0.3, 0.4) is 0 Å². The molecule has 0 radical (unpaired) electrons. The van der Waals surface area contributed by atoms with Gasteiger partial charge in [-0.3, -0.25) is 4.79 Å². The fourth-order valence-corrected chi connectivity index (χ4v) is 3.22. The summed E-state index contributed by atoms with van der Waals surface area (Å²) in [5.74, 6) is -0.281. The van der Waals surface area contributed by atoms with Crippen LogP contribution < -0.4 is 10.2 Å². The van der Waals surface area contributed by atoms with Gasteiger partial charge < -0.3 is 5.32 Å². The lowest BCUT2D eigenvalue weighted by Crippen LogP contribution is -2.60. The van der Waals surface area contributed by atoms with Crippen molar-refractivity contribution in [3.8, 4) is 6.07 Å². The van der Waals surface area contributed by atoms with Crippen LogP contribution in [0.5, 0.6) is 0 Å². The Bertz CT molecular complexity index is 620. The van der Waals surface area contributed by atoms with E-state index in [0.29, 0.717) is 11.3 Å². The number of fused-ring (bicyclic) bond motifs is 1. The molecular weight excluding hydrogens is 266 g/mol. The van der Waals surface area contributed by atoms with Crippen molar-refractivity contribution in [1.82, 2.24) is 5.32 Å². The van der Waals surface area contributed by atoms with E-state index in [2.05, 4.69) is 5.32 Å². The van der Waals surface area contributed by atoms with Crippen LogP contribution in [0.4, 0.5) is 10.5 Å². The van der Waals surface area contributed by atoms with Gasteiger partial charge in [0.2, 0.25) is 5.91 Å². The number of hydrogen-bond donors (Lipinski definition) is 1. The molecule has 2 fully saturated rings. The van der Waals surface area contributed by atoms with E-state index < -0.39 is 0 Å². The van der Waals surface area contributed by atoms with Crippen molar-refractivity contribution >= 4 is 17.6 Å². The largest absolute Gasteiger partial charge is 0.334 e. The molecule has 1 saturated heterocycles. The first kappa shape index (κ1) is 13.6. The quantitative estimate of drug-likeness (QED) is 0.860. The first-order valence-corrected chi connectivity index (χ1v) is 7.35. The fourth-order valence-electron chi connectivity index (χ4n) is 3.22. The van der Waals surface area contributed by atoms with Gasteiger partial charge in [0.1, 0.15) is 0 Å². The first-order chi connectivity index (χ1) is 10.2. The van der Waals surface area contributed by atoms with E-state index in [4.69, 9.17) is 5.26 Å². The summed E-state index contributed by atoms with van der Waals surface area (Å²) in [6.45, 7) is 0. The second kappa shape index (κ2) is 5.57. The molecule has 5 nitrogen and oxygen atoms in total. The summed E-state index contributed by atoms with van der Waals surface area (Å²) in [7, 11) is 0. The highest BCUT2D eigenvalue weighted by Gasteiger charge is 2.41. The minimum absolute atomic E-state index is 0.0390. The number of nitrogens with one attached hydrogen (secondary N) is 1. The molecule has 3 amide bonds. The molecule has 1 saturated carbocycles. The number of hydrogen-bond acceptors (Lipinski definition) is 3. The number of urea groups is 1. The van der Waals surface area contributed by atoms with Crippen LogP contribution in [-0.2, 0) is 4.79 Å². The normalized spacial score (nSPS) is 25.6. The molecule has 3 rings (SSSR count). The number of anilines is 1. The zero-order valence-corrected chi connectivity index (χ0v) is 11.7. The van der Waals surface area contributed by atoms with E-state index in [9.17, 15) is 9.59 Å². The van der Waals surface area contributed by atoms with Crippen molar-refractivity contribution < 1.29 is 9.59 Å². The highest BCUT2D eigenvalue weighted by molar-refractivity contribution is 6.17. The average molecular weight is 283 g/mol. The minimum atomic E-state index is -0.377. The van der Waals surface area contributed by atoms with E-state index in [1.165, 1.54) is 4.90 Å². The molecule has 2 atom stereocenters. The summed E-state index contributed by atoms with van der Waals surface area (Å²) in [5.41, 5.74) is 0.912. The maximum atomic E-state index is 12.7. The first-order valence-electron chi connectivity index (χ1n) is 7.35. The second-order valence-corrected chi connectivity index (χ2v) is 5.64. The topological polar surface area (TPSA) is 73.2 Å². The summed E-state index contributed by atoms with van der Waals surface area (Å²) in [6.07, 6.45) is 4.88. The number of nitrogens with zero attached hydrogens (tertiary/aromatic N) is 2. The lowest BCUT2D eigenvalue weighted by atomic mass is 9.91. The third-order valence-electron chi connectivity index (χ3n) is 4.30. The third-order valence-corrected chi connectivity index (χ3v) is 4.30. The average Bonchev–Trinajstić information content (AvgIpc) is 2.73. The highest BCUT2D eigenvalue weighted by atomic mass is 16.2. The zero-order valence-electron chi connectivity index (χ0n) is 11.7. The van der Waals surface area contributed by atoms with Crippen molar-refractivity contribution in [3.05, 3.63) is 29.8 Å². The van der Waals surface area contributed by atoms with Crippen LogP contribution in [-0.4, -0.2) is 18.0 Å². The number of nitriles is 1. The molecule has 1 N–H and O–H groups in total. The fraction of sp³-hybridized carbons (Fsp3) is 0.438.